The molecule has 2 aromatic carbocycles. The van der Waals surface area contributed by atoms with Gasteiger partial charge in [0, 0.05) is 22.6 Å². The lowest BCUT2D eigenvalue weighted by atomic mass is 10.1. The van der Waals surface area contributed by atoms with Gasteiger partial charge in [0.25, 0.3) is 5.91 Å². The van der Waals surface area contributed by atoms with Crippen molar-refractivity contribution in [3.05, 3.63) is 47.0 Å². The van der Waals surface area contributed by atoms with Crippen molar-refractivity contribution < 1.29 is 14.3 Å². The number of ether oxygens (including phenoxy) is 2. The van der Waals surface area contributed by atoms with Crippen LogP contribution in [0.25, 0.3) is 0 Å². The predicted octanol–water partition coefficient (Wildman–Crippen LogP) is 5.39. The molecule has 142 valence electrons. The summed E-state index contributed by atoms with van der Waals surface area (Å²) in [6.07, 6.45) is 0.366. The van der Waals surface area contributed by atoms with Gasteiger partial charge in [0.2, 0.25) is 0 Å². The van der Waals surface area contributed by atoms with Gasteiger partial charge in [-0.15, -0.1) is 11.8 Å². The van der Waals surface area contributed by atoms with E-state index in [9.17, 15) is 4.79 Å². The first-order valence-corrected chi connectivity index (χ1v) is 9.77. The van der Waals surface area contributed by atoms with Crippen molar-refractivity contribution in [1.29, 1.82) is 5.26 Å². The molecule has 0 bridgehead atoms. The van der Waals surface area contributed by atoms with E-state index in [4.69, 9.17) is 26.3 Å². The van der Waals surface area contributed by atoms with Gasteiger partial charge in [0.15, 0.2) is 11.5 Å². The predicted molar refractivity (Wildman–Crippen MR) is 109 cm³/mol. The second kappa shape index (κ2) is 10.1. The Kier molecular flexibility index (Phi) is 7.83. The molecular formula is C20H21ClN2O3S. The van der Waals surface area contributed by atoms with Crippen molar-refractivity contribution in [2.24, 2.45) is 0 Å². The second-order valence-corrected chi connectivity index (χ2v) is 7.41. The molecule has 0 aliphatic rings. The maximum atomic E-state index is 12.7. The van der Waals surface area contributed by atoms with Crippen LogP contribution in [0.5, 0.6) is 11.5 Å². The van der Waals surface area contributed by atoms with Gasteiger partial charge in [-0.05, 0) is 38.1 Å². The molecular weight excluding hydrogens is 384 g/mol. The molecule has 1 N–H and O–H groups in total. The Morgan fingerprint density at radius 1 is 1.33 bits per heavy atom. The highest BCUT2D eigenvalue weighted by Gasteiger charge is 2.17. The molecule has 0 heterocycles. The molecule has 2 rings (SSSR count). The molecule has 5 nitrogen and oxygen atoms in total. The molecule has 2 aromatic rings. The number of thioether (sulfide) groups is 1. The maximum absolute atomic E-state index is 12.7. The van der Waals surface area contributed by atoms with Crippen LogP contribution in [0.3, 0.4) is 0 Å². The molecule has 27 heavy (non-hydrogen) atoms. The largest absolute Gasteiger partial charge is 0.493 e. The van der Waals surface area contributed by atoms with E-state index < -0.39 is 0 Å². The fraction of sp³-hybridized carbons (Fsp3) is 0.300. The minimum atomic E-state index is -0.306. The van der Waals surface area contributed by atoms with E-state index in [1.165, 1.54) is 18.9 Å². The number of anilines is 1. The minimum absolute atomic E-state index is 0.0756. The third kappa shape index (κ3) is 5.81. The van der Waals surface area contributed by atoms with Gasteiger partial charge >= 0.3 is 0 Å². The first-order chi connectivity index (χ1) is 13.0. The number of halogens is 1. The number of amides is 1. The van der Waals surface area contributed by atoms with Gasteiger partial charge in [-0.2, -0.15) is 5.26 Å². The Morgan fingerprint density at radius 2 is 2.07 bits per heavy atom. The van der Waals surface area contributed by atoms with Gasteiger partial charge in [-0.3, -0.25) is 4.79 Å². The van der Waals surface area contributed by atoms with E-state index in [1.807, 2.05) is 38.1 Å². The smallest absolute Gasteiger partial charge is 0.255 e. The standard InChI is InChI=1S/C20H21ClN2O3S/c1-13(2)26-19-15(21)11-14(12-17(19)25-3)20(24)23-16-7-4-5-8-18(16)27-10-6-9-22/h4-5,7-8,11-13H,6,10H2,1-3H3,(H,23,24). The highest BCUT2D eigenvalue weighted by atomic mass is 35.5. The van der Waals surface area contributed by atoms with E-state index >= 15 is 0 Å². The van der Waals surface area contributed by atoms with Crippen LogP contribution >= 0.6 is 23.4 Å². The van der Waals surface area contributed by atoms with Crippen LogP contribution in [0.1, 0.15) is 30.6 Å². The fourth-order valence-electron chi connectivity index (χ4n) is 2.30. The van der Waals surface area contributed by atoms with E-state index in [1.54, 1.807) is 12.1 Å². The second-order valence-electron chi connectivity index (χ2n) is 5.86. The summed E-state index contributed by atoms with van der Waals surface area (Å²) in [5.74, 6) is 1.17. The molecule has 0 aromatic heterocycles. The summed E-state index contributed by atoms with van der Waals surface area (Å²) in [7, 11) is 1.50. The van der Waals surface area contributed by atoms with E-state index in [0.717, 1.165) is 4.90 Å². The van der Waals surface area contributed by atoms with E-state index in [0.29, 0.717) is 39.9 Å². The third-order valence-corrected chi connectivity index (χ3v) is 4.81. The van der Waals surface area contributed by atoms with Crippen molar-refractivity contribution in [2.75, 3.05) is 18.2 Å². The van der Waals surface area contributed by atoms with Crippen LogP contribution in [-0.2, 0) is 0 Å². The van der Waals surface area contributed by atoms with Crippen LogP contribution in [0.2, 0.25) is 5.02 Å². The Bertz CT molecular complexity index is 850. The molecule has 0 saturated carbocycles. The molecule has 1 amide bonds. The number of benzene rings is 2. The number of nitriles is 1. The Labute approximate surface area is 168 Å². The van der Waals surface area contributed by atoms with Crippen molar-refractivity contribution in [1.82, 2.24) is 0 Å². The van der Waals surface area contributed by atoms with Gasteiger partial charge in [0.05, 0.1) is 30.0 Å². The zero-order chi connectivity index (χ0) is 19.8. The normalized spacial score (nSPS) is 10.4. The summed E-state index contributed by atoms with van der Waals surface area (Å²) in [4.78, 5) is 13.6. The first kappa shape index (κ1) is 20.9. The molecule has 0 radical (unpaired) electrons. The summed E-state index contributed by atoms with van der Waals surface area (Å²) in [6, 6.07) is 12.7. The number of nitrogens with zero attached hydrogens (tertiary/aromatic N) is 1. The lowest BCUT2D eigenvalue weighted by Gasteiger charge is -2.16. The average Bonchev–Trinajstić information content (AvgIpc) is 2.64. The molecule has 0 spiro atoms. The number of hydrogen-bond acceptors (Lipinski definition) is 5. The van der Waals surface area contributed by atoms with Crippen molar-refractivity contribution >= 4 is 35.0 Å². The Balaban J connectivity index is 2.24. The van der Waals surface area contributed by atoms with Crippen molar-refractivity contribution in [3.63, 3.8) is 0 Å². The monoisotopic (exact) mass is 404 g/mol. The number of hydrogen-bond donors (Lipinski definition) is 1. The number of methoxy groups -OCH3 is 1. The highest BCUT2D eigenvalue weighted by Crippen LogP contribution is 2.37. The van der Waals surface area contributed by atoms with Crippen LogP contribution < -0.4 is 14.8 Å². The molecule has 0 unspecified atom stereocenters. The number of carbonyl (C=O) groups excluding carboxylic acids is 1. The minimum Gasteiger partial charge on any atom is -0.493 e. The molecule has 7 heteroatoms. The Morgan fingerprint density at radius 3 is 2.74 bits per heavy atom. The first-order valence-electron chi connectivity index (χ1n) is 8.40. The van der Waals surface area contributed by atoms with Gasteiger partial charge < -0.3 is 14.8 Å². The number of para-hydroxylation sites is 1. The zero-order valence-corrected chi connectivity index (χ0v) is 17.0. The van der Waals surface area contributed by atoms with E-state index in [-0.39, 0.29) is 12.0 Å². The molecule has 0 aliphatic heterocycles. The summed E-state index contributed by atoms with van der Waals surface area (Å²) in [5, 5.41) is 11.9. The van der Waals surface area contributed by atoms with Crippen LogP contribution in [0.15, 0.2) is 41.3 Å². The van der Waals surface area contributed by atoms with Gasteiger partial charge in [0.1, 0.15) is 0 Å². The number of carbonyl (C=O) groups is 1. The average molecular weight is 405 g/mol. The van der Waals surface area contributed by atoms with Gasteiger partial charge in [-0.1, -0.05) is 23.7 Å². The summed E-state index contributed by atoms with van der Waals surface area (Å²) >= 11 is 7.82. The van der Waals surface area contributed by atoms with Crippen LogP contribution in [-0.4, -0.2) is 24.9 Å². The lowest BCUT2D eigenvalue weighted by molar-refractivity contribution is 0.102. The third-order valence-electron chi connectivity index (χ3n) is 3.45. The highest BCUT2D eigenvalue weighted by molar-refractivity contribution is 7.99. The zero-order valence-electron chi connectivity index (χ0n) is 15.4. The van der Waals surface area contributed by atoms with Crippen molar-refractivity contribution in [2.45, 2.75) is 31.3 Å². The lowest BCUT2D eigenvalue weighted by Crippen LogP contribution is -2.14. The fourth-order valence-corrected chi connectivity index (χ4v) is 3.42. The topological polar surface area (TPSA) is 71.3 Å². The number of rotatable bonds is 8. The summed E-state index contributed by atoms with van der Waals surface area (Å²) in [5.41, 5.74) is 1.05. The van der Waals surface area contributed by atoms with Crippen LogP contribution in [0.4, 0.5) is 5.69 Å². The SMILES string of the molecule is COc1cc(C(=O)Nc2ccccc2SCCC#N)cc(Cl)c1OC(C)C. The molecule has 0 aliphatic carbocycles. The summed E-state index contributed by atoms with van der Waals surface area (Å²) in [6.45, 7) is 3.77. The quantitative estimate of drug-likeness (QED) is 0.471. The van der Waals surface area contributed by atoms with Crippen LogP contribution in [0, 0.1) is 11.3 Å². The summed E-state index contributed by atoms with van der Waals surface area (Å²) < 4.78 is 11.0. The Hall–Kier alpha value is -2.36. The molecule has 0 fully saturated rings. The molecule has 0 saturated heterocycles. The van der Waals surface area contributed by atoms with E-state index in [2.05, 4.69) is 11.4 Å². The molecule has 0 atom stereocenters. The van der Waals surface area contributed by atoms with Crippen molar-refractivity contribution in [3.8, 4) is 17.6 Å². The number of nitrogens with one attached hydrogen (secondary N) is 1. The van der Waals surface area contributed by atoms with Gasteiger partial charge in [-0.25, -0.2) is 0 Å². The maximum Gasteiger partial charge on any atom is 0.255 e.